The lowest BCUT2D eigenvalue weighted by Gasteiger charge is -2.40. The molecule has 3 rings (SSSR count). The highest BCUT2D eigenvalue weighted by atomic mass is 31.2. The van der Waals surface area contributed by atoms with E-state index in [0.29, 0.717) is 5.75 Å². The van der Waals surface area contributed by atoms with Gasteiger partial charge in [-0.2, -0.15) is 0 Å². The van der Waals surface area contributed by atoms with E-state index in [4.69, 9.17) is 19.3 Å². The van der Waals surface area contributed by atoms with E-state index in [1.807, 2.05) is 0 Å². The fourth-order valence-electron chi connectivity index (χ4n) is 1.71. The number of benzene rings is 1. The molecular formula is C8H10N3O4P. The molecule has 16 heavy (non-hydrogen) atoms. The van der Waals surface area contributed by atoms with Crippen molar-refractivity contribution >= 4 is 19.1 Å². The van der Waals surface area contributed by atoms with Crippen LogP contribution >= 0.6 is 7.75 Å². The van der Waals surface area contributed by atoms with Gasteiger partial charge in [0.15, 0.2) is 0 Å². The summed E-state index contributed by atoms with van der Waals surface area (Å²) < 4.78 is 26.2. The predicted octanol–water partition coefficient (Wildman–Crippen LogP) is 1.26. The molecule has 0 unspecified atom stereocenters. The van der Waals surface area contributed by atoms with Crippen molar-refractivity contribution in [3.05, 3.63) is 18.2 Å². The zero-order chi connectivity index (χ0) is 11.4. The highest BCUT2D eigenvalue weighted by molar-refractivity contribution is 7.52. The fourth-order valence-corrected chi connectivity index (χ4v) is 2.62. The largest absolute Gasteiger partial charge is 0.497 e. The maximum Gasteiger partial charge on any atom is 0.413 e. The van der Waals surface area contributed by atoms with Crippen molar-refractivity contribution in [2.24, 2.45) is 5.50 Å². The second-order valence-corrected chi connectivity index (χ2v) is 4.95. The molecule has 0 aromatic heterocycles. The molecule has 0 amide bonds. The Bertz CT molecular complexity index is 496. The van der Waals surface area contributed by atoms with Crippen LogP contribution in [0, 0.1) is 0 Å². The van der Waals surface area contributed by atoms with E-state index >= 15 is 0 Å². The van der Waals surface area contributed by atoms with Crippen molar-refractivity contribution in [1.29, 1.82) is 0 Å². The average Bonchev–Trinajstić information content (AvgIpc) is 2.52. The second kappa shape index (κ2) is 2.89. The maximum atomic E-state index is 11.1. The number of nitrogens with two attached hydrogens (primary N) is 1. The molecule has 0 aliphatic carbocycles. The monoisotopic (exact) mass is 243 g/mol. The molecule has 0 saturated carbocycles. The zero-order valence-electron chi connectivity index (χ0n) is 8.39. The molecule has 4 N–H and O–H groups in total. The molecule has 0 radical (unpaired) electrons. The molecule has 2 aliphatic rings. The van der Waals surface area contributed by atoms with E-state index in [0.717, 1.165) is 11.4 Å². The number of nitrogens with one attached hydrogen (secondary N) is 2. The summed E-state index contributed by atoms with van der Waals surface area (Å²) in [5.41, 5.74) is 6.67. The van der Waals surface area contributed by atoms with E-state index in [1.54, 1.807) is 25.3 Å². The van der Waals surface area contributed by atoms with Gasteiger partial charge in [0.05, 0.1) is 18.5 Å². The predicted molar refractivity (Wildman–Crippen MR) is 56.9 cm³/mol. The first-order valence-corrected chi connectivity index (χ1v) is 6.18. The van der Waals surface area contributed by atoms with Crippen LogP contribution in [0.5, 0.6) is 5.75 Å². The Balaban J connectivity index is 1.87. The normalized spacial score (nSPS) is 34.9. The molecule has 1 aromatic rings. The summed E-state index contributed by atoms with van der Waals surface area (Å²) in [6.07, 6.45) is 0. The van der Waals surface area contributed by atoms with Crippen LogP contribution < -0.4 is 20.9 Å². The highest BCUT2D eigenvalue weighted by Gasteiger charge is 2.57. The summed E-state index contributed by atoms with van der Waals surface area (Å²) in [7, 11) is -1.81. The zero-order valence-corrected chi connectivity index (χ0v) is 9.28. The Morgan fingerprint density at radius 2 is 2.06 bits per heavy atom. The number of fused-ring (bicyclic) bond motifs is 1. The maximum absolute atomic E-state index is 11.1. The smallest absolute Gasteiger partial charge is 0.413 e. The number of ether oxygens (including phenoxy) is 1. The van der Waals surface area contributed by atoms with Gasteiger partial charge in [-0.15, -0.1) is 0 Å². The van der Waals surface area contributed by atoms with Crippen LogP contribution in [-0.4, -0.2) is 13.1 Å². The molecular weight excluding hydrogens is 233 g/mol. The molecule has 1 spiro atoms. The van der Waals surface area contributed by atoms with Crippen molar-refractivity contribution < 1.29 is 18.3 Å². The third-order valence-corrected chi connectivity index (χ3v) is 3.36. The lowest BCUT2D eigenvalue weighted by atomic mass is 10.2. The van der Waals surface area contributed by atoms with E-state index < -0.39 is 13.8 Å². The fraction of sp³-hybridized carbons (Fsp3) is 0.250. The number of rotatable bonds is 1. The van der Waals surface area contributed by atoms with Crippen LogP contribution in [0.15, 0.2) is 18.2 Å². The number of anilines is 2. The SMILES string of the molecule is COc1ccc2c(c1)NC1(N2)OP(N)(=O)O1. The molecule has 8 heteroatoms. The molecule has 2 aliphatic heterocycles. The van der Waals surface area contributed by atoms with Gasteiger partial charge in [-0.1, -0.05) is 0 Å². The third-order valence-electron chi connectivity index (χ3n) is 2.34. The summed E-state index contributed by atoms with van der Waals surface area (Å²) >= 11 is 0. The molecule has 2 heterocycles. The average molecular weight is 243 g/mol. The Morgan fingerprint density at radius 1 is 1.38 bits per heavy atom. The summed E-state index contributed by atoms with van der Waals surface area (Å²) in [6, 6.07) is 4.05. The first-order chi connectivity index (χ1) is 7.52. The van der Waals surface area contributed by atoms with E-state index in [-0.39, 0.29) is 0 Å². The lowest BCUT2D eigenvalue weighted by Crippen LogP contribution is -2.54. The minimum atomic E-state index is -3.38. The summed E-state index contributed by atoms with van der Waals surface area (Å²) in [5, 5.41) is 5.78. The molecule has 7 nitrogen and oxygen atoms in total. The first-order valence-electron chi connectivity index (χ1n) is 4.56. The van der Waals surface area contributed by atoms with Gasteiger partial charge >= 0.3 is 13.8 Å². The highest BCUT2D eigenvalue weighted by Crippen LogP contribution is 2.60. The summed E-state index contributed by atoms with van der Waals surface area (Å²) in [6.45, 7) is 0. The Morgan fingerprint density at radius 3 is 2.69 bits per heavy atom. The minimum absolute atomic E-state index is 0.695. The minimum Gasteiger partial charge on any atom is -0.497 e. The van der Waals surface area contributed by atoms with Gasteiger partial charge in [0.1, 0.15) is 5.75 Å². The standard InChI is InChI=1S/C8H10N3O4P/c1-13-5-2-3-6-7(4-5)11-8(10-6)14-16(9,12)15-8/h2-4,10-11H,1H3,(H2,9,12). The van der Waals surface area contributed by atoms with Gasteiger partial charge in [-0.3, -0.25) is 0 Å². The molecule has 1 saturated heterocycles. The second-order valence-electron chi connectivity index (χ2n) is 3.50. The van der Waals surface area contributed by atoms with Crippen LogP contribution in [0.1, 0.15) is 0 Å². The van der Waals surface area contributed by atoms with E-state index in [2.05, 4.69) is 10.6 Å². The Labute approximate surface area is 91.4 Å². The number of methoxy groups -OCH3 is 1. The van der Waals surface area contributed by atoms with Gasteiger partial charge in [0, 0.05) is 6.07 Å². The molecule has 86 valence electrons. The van der Waals surface area contributed by atoms with Gasteiger partial charge in [0.2, 0.25) is 0 Å². The van der Waals surface area contributed by atoms with Gasteiger partial charge in [-0.05, 0) is 12.1 Å². The van der Waals surface area contributed by atoms with Crippen LogP contribution in [0.3, 0.4) is 0 Å². The number of hydrogen-bond donors (Lipinski definition) is 3. The first kappa shape index (κ1) is 9.92. The van der Waals surface area contributed by atoms with Crippen molar-refractivity contribution in [1.82, 2.24) is 0 Å². The third kappa shape index (κ3) is 1.37. The van der Waals surface area contributed by atoms with Crippen molar-refractivity contribution in [3.63, 3.8) is 0 Å². The molecule has 0 bridgehead atoms. The van der Waals surface area contributed by atoms with Crippen LogP contribution in [-0.2, 0) is 13.6 Å². The molecule has 1 aromatic carbocycles. The van der Waals surface area contributed by atoms with Gasteiger partial charge in [-0.25, -0.2) is 19.1 Å². The molecule has 0 atom stereocenters. The van der Waals surface area contributed by atoms with Crippen LogP contribution in [0.25, 0.3) is 0 Å². The van der Waals surface area contributed by atoms with Crippen molar-refractivity contribution in [3.8, 4) is 5.75 Å². The van der Waals surface area contributed by atoms with Crippen molar-refractivity contribution in [2.75, 3.05) is 17.7 Å². The van der Waals surface area contributed by atoms with Crippen LogP contribution in [0.4, 0.5) is 11.4 Å². The van der Waals surface area contributed by atoms with Gasteiger partial charge in [0.25, 0.3) is 0 Å². The lowest BCUT2D eigenvalue weighted by molar-refractivity contribution is -0.150. The number of hydrogen-bond acceptors (Lipinski definition) is 6. The summed E-state index contributed by atoms with van der Waals surface area (Å²) in [5.74, 6) is 0.695. The topological polar surface area (TPSA) is 94.8 Å². The molecule has 1 fully saturated rings. The van der Waals surface area contributed by atoms with Crippen molar-refractivity contribution in [2.45, 2.75) is 6.03 Å². The van der Waals surface area contributed by atoms with Crippen LogP contribution in [0.2, 0.25) is 0 Å². The Kier molecular flexibility index (Phi) is 1.79. The van der Waals surface area contributed by atoms with E-state index in [1.165, 1.54) is 0 Å². The summed E-state index contributed by atoms with van der Waals surface area (Å²) in [4.78, 5) is 0. The quantitative estimate of drug-likeness (QED) is 0.639. The Hall–Kier alpha value is -1.27. The van der Waals surface area contributed by atoms with E-state index in [9.17, 15) is 4.57 Å². The van der Waals surface area contributed by atoms with Gasteiger partial charge < -0.3 is 15.4 Å².